The van der Waals surface area contributed by atoms with Gasteiger partial charge in [-0.3, -0.25) is 4.79 Å². The molecule has 1 atom stereocenters. The highest BCUT2D eigenvalue weighted by Crippen LogP contribution is 2.25. The Hall–Kier alpha value is -3.35. The zero-order valence-electron chi connectivity index (χ0n) is 16.7. The minimum Gasteiger partial charge on any atom is -0.490 e. The van der Waals surface area contributed by atoms with Gasteiger partial charge in [-0.05, 0) is 17.0 Å². The number of aliphatic hydroxyl groups excluding tert-OH is 1. The number of nitrogens with one attached hydrogen (secondary N) is 1. The number of ether oxygens (including phenoxy) is 1. The number of fused-ring (bicyclic) bond motifs is 1. The average Bonchev–Trinajstić information content (AvgIpc) is 2.81. The highest BCUT2D eigenvalue weighted by Gasteiger charge is 2.12. The van der Waals surface area contributed by atoms with Crippen molar-refractivity contribution in [3.05, 3.63) is 99.9 Å². The number of halogens is 1. The molecule has 0 aliphatic rings. The van der Waals surface area contributed by atoms with E-state index in [4.69, 9.17) is 16.3 Å². The lowest BCUT2D eigenvalue weighted by Crippen LogP contribution is -2.29. The number of rotatable bonds is 8. The van der Waals surface area contributed by atoms with Crippen molar-refractivity contribution in [1.29, 1.82) is 0 Å². The molecule has 1 heterocycles. The van der Waals surface area contributed by atoms with Crippen molar-refractivity contribution in [2.45, 2.75) is 12.6 Å². The van der Waals surface area contributed by atoms with Crippen LogP contribution in [0.15, 0.2) is 83.8 Å². The summed E-state index contributed by atoms with van der Waals surface area (Å²) < 4.78 is 7.11. The number of anilines is 1. The van der Waals surface area contributed by atoms with E-state index in [0.29, 0.717) is 18.0 Å². The predicted octanol–water partition coefficient (Wildman–Crippen LogP) is 3.95. The van der Waals surface area contributed by atoms with Crippen LogP contribution in [0.25, 0.3) is 10.8 Å². The quantitative estimate of drug-likeness (QED) is 0.438. The summed E-state index contributed by atoms with van der Waals surface area (Å²) in [6, 6.07) is 23.2. The van der Waals surface area contributed by atoms with Crippen molar-refractivity contribution in [3.63, 3.8) is 0 Å². The second-order valence-corrected chi connectivity index (χ2v) is 7.52. The molecular weight excluding hydrogens is 414 g/mol. The molecule has 0 saturated heterocycles. The van der Waals surface area contributed by atoms with Crippen LogP contribution in [0.4, 0.5) is 5.69 Å². The van der Waals surface area contributed by atoms with Crippen LogP contribution in [0.2, 0.25) is 5.02 Å². The second-order valence-electron chi connectivity index (χ2n) is 7.14. The van der Waals surface area contributed by atoms with Gasteiger partial charge in [-0.1, -0.05) is 78.3 Å². The third-order valence-electron chi connectivity index (χ3n) is 4.87. The molecule has 4 aromatic rings. The molecule has 7 heteroatoms. The number of benzene rings is 3. The summed E-state index contributed by atoms with van der Waals surface area (Å²) in [5.74, 6) is 0.709. The van der Waals surface area contributed by atoms with Crippen LogP contribution in [0.5, 0.6) is 5.75 Å². The maximum absolute atomic E-state index is 12.5. The summed E-state index contributed by atoms with van der Waals surface area (Å²) in [6.07, 6.45) is 0.687. The molecule has 0 aliphatic carbocycles. The van der Waals surface area contributed by atoms with Crippen LogP contribution in [0.3, 0.4) is 0 Å². The molecule has 3 aromatic carbocycles. The molecule has 0 radical (unpaired) electrons. The number of aromatic nitrogens is 2. The molecule has 0 amide bonds. The van der Waals surface area contributed by atoms with Gasteiger partial charge in [-0.2, -0.15) is 5.10 Å². The fourth-order valence-corrected chi connectivity index (χ4v) is 3.46. The van der Waals surface area contributed by atoms with Gasteiger partial charge in [0.05, 0.1) is 18.4 Å². The lowest BCUT2D eigenvalue weighted by Gasteiger charge is -2.16. The first-order valence-corrected chi connectivity index (χ1v) is 10.3. The van der Waals surface area contributed by atoms with E-state index in [-0.39, 0.29) is 18.2 Å². The zero-order chi connectivity index (χ0) is 21.6. The molecule has 0 bridgehead atoms. The van der Waals surface area contributed by atoms with Crippen LogP contribution in [-0.4, -0.2) is 34.1 Å². The van der Waals surface area contributed by atoms with Gasteiger partial charge in [0.15, 0.2) is 0 Å². The molecule has 1 aromatic heterocycles. The van der Waals surface area contributed by atoms with E-state index in [2.05, 4.69) is 10.4 Å². The largest absolute Gasteiger partial charge is 0.490 e. The van der Waals surface area contributed by atoms with E-state index in [0.717, 1.165) is 16.3 Å². The molecule has 0 spiro atoms. The Morgan fingerprint density at radius 2 is 1.77 bits per heavy atom. The summed E-state index contributed by atoms with van der Waals surface area (Å²) in [6.45, 7) is 0.590. The Morgan fingerprint density at radius 1 is 1.03 bits per heavy atom. The second kappa shape index (κ2) is 9.64. The SMILES string of the molecule is O=c1c(Cl)c(NCC(O)COc2cccc3ccccc23)cnn1Cc1ccccc1. The molecule has 158 valence electrons. The first kappa shape index (κ1) is 20.9. The number of hydrogen-bond donors (Lipinski definition) is 2. The lowest BCUT2D eigenvalue weighted by atomic mass is 10.1. The van der Waals surface area contributed by atoms with Crippen molar-refractivity contribution >= 4 is 28.1 Å². The fourth-order valence-electron chi connectivity index (χ4n) is 3.25. The number of nitrogens with zero attached hydrogens (tertiary/aromatic N) is 2. The first-order valence-electron chi connectivity index (χ1n) is 9.94. The van der Waals surface area contributed by atoms with Gasteiger partial charge in [0.2, 0.25) is 0 Å². The van der Waals surface area contributed by atoms with Gasteiger partial charge in [0, 0.05) is 11.9 Å². The van der Waals surface area contributed by atoms with E-state index in [1.54, 1.807) is 0 Å². The summed E-state index contributed by atoms with van der Waals surface area (Å²) in [4.78, 5) is 12.5. The smallest absolute Gasteiger partial charge is 0.287 e. The molecular formula is C24H22ClN3O3. The Bertz CT molecular complexity index is 1220. The molecule has 31 heavy (non-hydrogen) atoms. The van der Waals surface area contributed by atoms with E-state index in [9.17, 15) is 9.90 Å². The minimum absolute atomic E-state index is 0.0353. The highest BCUT2D eigenvalue weighted by molar-refractivity contribution is 6.32. The molecule has 6 nitrogen and oxygen atoms in total. The van der Waals surface area contributed by atoms with E-state index >= 15 is 0 Å². The van der Waals surface area contributed by atoms with E-state index in [1.165, 1.54) is 10.9 Å². The molecule has 2 N–H and O–H groups in total. The fraction of sp³-hybridized carbons (Fsp3) is 0.167. The maximum Gasteiger partial charge on any atom is 0.287 e. The summed E-state index contributed by atoms with van der Waals surface area (Å²) in [5.41, 5.74) is 0.937. The Kier molecular flexibility index (Phi) is 6.50. The average molecular weight is 436 g/mol. The summed E-state index contributed by atoms with van der Waals surface area (Å²) in [5, 5.41) is 19.6. The minimum atomic E-state index is -0.804. The molecule has 0 saturated carbocycles. The molecule has 0 fully saturated rings. The standard InChI is InChI=1S/C24H22ClN3O3/c25-23-21(14-27-28(24(23)30)15-17-7-2-1-3-8-17)26-13-19(29)16-31-22-12-6-10-18-9-4-5-11-20(18)22/h1-12,14,19,26,29H,13,15-16H2. The lowest BCUT2D eigenvalue weighted by molar-refractivity contribution is 0.118. The summed E-state index contributed by atoms with van der Waals surface area (Å²) >= 11 is 6.24. The third kappa shape index (κ3) is 5.05. The van der Waals surface area contributed by atoms with Gasteiger partial charge in [-0.25, -0.2) is 4.68 Å². The van der Waals surface area contributed by atoms with Crippen LogP contribution in [0, 0.1) is 0 Å². The van der Waals surface area contributed by atoms with Crippen molar-refractivity contribution in [1.82, 2.24) is 9.78 Å². The summed E-state index contributed by atoms with van der Waals surface area (Å²) in [7, 11) is 0. The highest BCUT2D eigenvalue weighted by atomic mass is 35.5. The van der Waals surface area contributed by atoms with Gasteiger partial charge < -0.3 is 15.2 Å². The maximum atomic E-state index is 12.5. The molecule has 4 rings (SSSR count). The number of aliphatic hydroxyl groups is 1. The van der Waals surface area contributed by atoms with Crippen LogP contribution < -0.4 is 15.6 Å². The van der Waals surface area contributed by atoms with Crippen LogP contribution >= 0.6 is 11.6 Å². The van der Waals surface area contributed by atoms with Crippen molar-refractivity contribution in [2.24, 2.45) is 0 Å². The normalized spacial score (nSPS) is 11.9. The van der Waals surface area contributed by atoms with E-state index in [1.807, 2.05) is 72.8 Å². The third-order valence-corrected chi connectivity index (χ3v) is 5.23. The van der Waals surface area contributed by atoms with Gasteiger partial charge >= 0.3 is 0 Å². The van der Waals surface area contributed by atoms with Crippen molar-refractivity contribution in [3.8, 4) is 5.75 Å². The van der Waals surface area contributed by atoms with Gasteiger partial charge in [0.25, 0.3) is 5.56 Å². The Morgan fingerprint density at radius 3 is 2.61 bits per heavy atom. The monoisotopic (exact) mass is 435 g/mol. The van der Waals surface area contributed by atoms with Crippen molar-refractivity contribution in [2.75, 3.05) is 18.5 Å². The Balaban J connectivity index is 1.36. The van der Waals surface area contributed by atoms with Crippen LogP contribution in [-0.2, 0) is 6.54 Å². The zero-order valence-corrected chi connectivity index (χ0v) is 17.5. The number of hydrogen-bond acceptors (Lipinski definition) is 5. The van der Waals surface area contributed by atoms with Gasteiger partial charge in [-0.15, -0.1) is 0 Å². The van der Waals surface area contributed by atoms with E-state index < -0.39 is 11.7 Å². The topological polar surface area (TPSA) is 76.4 Å². The molecule has 0 aliphatic heterocycles. The molecule has 1 unspecified atom stereocenters. The predicted molar refractivity (Wildman–Crippen MR) is 123 cm³/mol. The Labute approximate surface area is 184 Å². The first-order chi connectivity index (χ1) is 15.1. The van der Waals surface area contributed by atoms with Crippen LogP contribution in [0.1, 0.15) is 5.56 Å². The van der Waals surface area contributed by atoms with Gasteiger partial charge in [0.1, 0.15) is 23.5 Å². The van der Waals surface area contributed by atoms with Crippen molar-refractivity contribution < 1.29 is 9.84 Å².